The molecule has 3 aromatic rings. The van der Waals surface area contributed by atoms with E-state index in [1.807, 2.05) is 30.3 Å². The zero-order valence-electron chi connectivity index (χ0n) is 22.7. The summed E-state index contributed by atoms with van der Waals surface area (Å²) in [6, 6.07) is 19.2. The third-order valence-corrected chi connectivity index (χ3v) is 7.52. The molecule has 212 valence electrons. The Kier molecular flexibility index (Phi) is 7.52. The number of rotatable bonds is 8. The van der Waals surface area contributed by atoms with Gasteiger partial charge in [-0.3, -0.25) is 9.59 Å². The number of fused-ring (bicyclic) bond motifs is 1. The molecule has 0 bridgehead atoms. The fourth-order valence-corrected chi connectivity index (χ4v) is 5.48. The molecule has 0 aliphatic carbocycles. The highest BCUT2D eigenvalue weighted by Crippen LogP contribution is 2.43. The van der Waals surface area contributed by atoms with Gasteiger partial charge in [-0.1, -0.05) is 36.4 Å². The van der Waals surface area contributed by atoms with Gasteiger partial charge in [-0.15, -0.1) is 0 Å². The number of aliphatic hydroxyl groups is 1. The number of ether oxygens (including phenoxy) is 5. The van der Waals surface area contributed by atoms with Crippen molar-refractivity contribution in [3.63, 3.8) is 0 Å². The van der Waals surface area contributed by atoms with Crippen molar-refractivity contribution in [1.29, 1.82) is 0 Å². The van der Waals surface area contributed by atoms with E-state index in [0.717, 1.165) is 18.4 Å². The van der Waals surface area contributed by atoms with Crippen LogP contribution in [0.3, 0.4) is 0 Å². The molecule has 2 unspecified atom stereocenters. The molecular weight excluding hydrogens is 526 g/mol. The Morgan fingerprint density at radius 2 is 1.76 bits per heavy atom. The Balaban J connectivity index is 1.39. The number of likely N-dealkylation sites (tertiary alicyclic amines) is 1. The van der Waals surface area contributed by atoms with E-state index in [-0.39, 0.29) is 24.0 Å². The first kappa shape index (κ1) is 26.7. The van der Waals surface area contributed by atoms with Gasteiger partial charge in [-0.05, 0) is 54.3 Å². The second-order valence-electron chi connectivity index (χ2n) is 10.1. The molecule has 3 aliphatic heterocycles. The molecule has 3 aliphatic rings. The molecule has 1 amide bonds. The molecule has 2 fully saturated rings. The van der Waals surface area contributed by atoms with Crippen LogP contribution >= 0.6 is 0 Å². The number of Topliss-reactive ketones (excluding diaryl/α,β-unsaturated/α-hetero) is 1. The van der Waals surface area contributed by atoms with Crippen LogP contribution in [0.4, 0.5) is 0 Å². The third-order valence-electron chi connectivity index (χ3n) is 7.52. The monoisotopic (exact) mass is 557 g/mol. The summed E-state index contributed by atoms with van der Waals surface area (Å²) in [5.41, 5.74) is 1.95. The van der Waals surface area contributed by atoms with Crippen LogP contribution in [0.1, 0.15) is 35.6 Å². The summed E-state index contributed by atoms with van der Waals surface area (Å²) in [5, 5.41) is 11.5. The van der Waals surface area contributed by atoms with E-state index >= 15 is 0 Å². The predicted molar refractivity (Wildman–Crippen MR) is 149 cm³/mol. The molecule has 41 heavy (non-hydrogen) atoms. The Labute approximate surface area is 237 Å². The molecule has 3 aromatic carbocycles. The lowest BCUT2D eigenvalue weighted by atomic mass is 9.94. The zero-order chi connectivity index (χ0) is 28.3. The Morgan fingerprint density at radius 3 is 2.51 bits per heavy atom. The lowest BCUT2D eigenvalue weighted by Crippen LogP contribution is -2.36. The molecule has 0 saturated carbocycles. The lowest BCUT2D eigenvalue weighted by molar-refractivity contribution is -0.140. The lowest BCUT2D eigenvalue weighted by Gasteiger charge is -2.28. The standard InChI is InChI=1S/C32H31NO8/c1-37-26-16-21(9-11-24(26)41-19-20-6-3-2-4-7-20)29-28(31(35)32(36)33(29)18-23-8-5-13-38-23)30(34)22-10-12-25-27(17-22)40-15-14-39-25/h2-4,6-7,9-12,16-17,23,29,34H,5,8,13-15,18-19H2,1H3. The van der Waals surface area contributed by atoms with Crippen LogP contribution in [0, 0.1) is 0 Å². The van der Waals surface area contributed by atoms with Gasteiger partial charge in [0.05, 0.1) is 24.8 Å². The van der Waals surface area contributed by atoms with E-state index in [9.17, 15) is 14.7 Å². The minimum Gasteiger partial charge on any atom is -0.507 e. The van der Waals surface area contributed by atoms with Gasteiger partial charge in [0, 0.05) is 18.7 Å². The predicted octanol–water partition coefficient (Wildman–Crippen LogP) is 4.65. The largest absolute Gasteiger partial charge is 0.507 e. The van der Waals surface area contributed by atoms with E-state index in [2.05, 4.69) is 0 Å². The van der Waals surface area contributed by atoms with Crippen molar-refractivity contribution in [1.82, 2.24) is 4.90 Å². The highest BCUT2D eigenvalue weighted by molar-refractivity contribution is 6.46. The van der Waals surface area contributed by atoms with Gasteiger partial charge in [0.15, 0.2) is 23.0 Å². The number of methoxy groups -OCH3 is 1. The van der Waals surface area contributed by atoms with Crippen molar-refractivity contribution in [2.24, 2.45) is 0 Å². The van der Waals surface area contributed by atoms with Gasteiger partial charge in [-0.2, -0.15) is 0 Å². The number of hydrogen-bond acceptors (Lipinski definition) is 8. The van der Waals surface area contributed by atoms with Crippen LogP contribution < -0.4 is 18.9 Å². The minimum atomic E-state index is -0.857. The van der Waals surface area contributed by atoms with Crippen LogP contribution in [0.5, 0.6) is 23.0 Å². The Bertz CT molecular complexity index is 1480. The minimum absolute atomic E-state index is 0.00955. The maximum Gasteiger partial charge on any atom is 0.295 e. The average molecular weight is 558 g/mol. The molecule has 1 N–H and O–H groups in total. The Hall–Kier alpha value is -4.50. The molecule has 6 rings (SSSR count). The van der Waals surface area contributed by atoms with E-state index in [4.69, 9.17) is 23.7 Å². The number of aliphatic hydroxyl groups excluding tert-OH is 1. The molecule has 0 aromatic heterocycles. The van der Waals surface area contributed by atoms with Crippen molar-refractivity contribution in [2.75, 3.05) is 33.5 Å². The maximum atomic E-state index is 13.5. The van der Waals surface area contributed by atoms with E-state index < -0.39 is 17.7 Å². The number of ketones is 1. The first-order chi connectivity index (χ1) is 20.0. The molecule has 2 atom stereocenters. The summed E-state index contributed by atoms with van der Waals surface area (Å²) in [4.78, 5) is 28.4. The topological polar surface area (TPSA) is 104 Å². The third kappa shape index (κ3) is 5.32. The van der Waals surface area contributed by atoms with Crippen LogP contribution in [0.2, 0.25) is 0 Å². The maximum absolute atomic E-state index is 13.5. The van der Waals surface area contributed by atoms with Gasteiger partial charge in [-0.25, -0.2) is 0 Å². The zero-order valence-corrected chi connectivity index (χ0v) is 22.7. The highest BCUT2D eigenvalue weighted by atomic mass is 16.6. The molecule has 3 heterocycles. The number of amides is 1. The van der Waals surface area contributed by atoms with Gasteiger partial charge < -0.3 is 33.7 Å². The van der Waals surface area contributed by atoms with Crippen LogP contribution in [-0.2, 0) is 20.9 Å². The van der Waals surface area contributed by atoms with Crippen molar-refractivity contribution < 1.29 is 38.4 Å². The second kappa shape index (κ2) is 11.5. The number of hydrogen-bond donors (Lipinski definition) is 1. The average Bonchev–Trinajstić information content (AvgIpc) is 3.62. The number of carbonyl (C=O) groups is 2. The summed E-state index contributed by atoms with van der Waals surface area (Å²) < 4.78 is 28.8. The molecule has 9 heteroatoms. The summed E-state index contributed by atoms with van der Waals surface area (Å²) in [7, 11) is 1.53. The molecule has 2 saturated heterocycles. The second-order valence-corrected chi connectivity index (χ2v) is 10.1. The van der Waals surface area contributed by atoms with E-state index in [1.54, 1.807) is 36.4 Å². The SMILES string of the molecule is COc1cc(C2C(=C(O)c3ccc4c(c3)OCCO4)C(=O)C(=O)N2CC2CCCO2)ccc1OCc1ccccc1. The van der Waals surface area contributed by atoms with Gasteiger partial charge >= 0.3 is 0 Å². The molecule has 0 spiro atoms. The summed E-state index contributed by atoms with van der Waals surface area (Å²) in [6.45, 7) is 1.98. The molecule has 9 nitrogen and oxygen atoms in total. The number of carbonyl (C=O) groups excluding carboxylic acids is 2. The van der Waals surface area contributed by atoms with Crippen molar-refractivity contribution in [3.8, 4) is 23.0 Å². The van der Waals surface area contributed by atoms with E-state index in [0.29, 0.717) is 60.6 Å². The number of nitrogens with zero attached hydrogens (tertiary/aromatic N) is 1. The van der Waals surface area contributed by atoms with Crippen LogP contribution in [-0.4, -0.2) is 61.3 Å². The number of benzene rings is 3. The van der Waals surface area contributed by atoms with Crippen LogP contribution in [0.25, 0.3) is 5.76 Å². The van der Waals surface area contributed by atoms with Gasteiger partial charge in [0.2, 0.25) is 0 Å². The van der Waals surface area contributed by atoms with Gasteiger partial charge in [0.1, 0.15) is 25.6 Å². The van der Waals surface area contributed by atoms with Crippen molar-refractivity contribution in [3.05, 3.63) is 89.0 Å². The smallest absolute Gasteiger partial charge is 0.295 e. The summed E-state index contributed by atoms with van der Waals surface area (Å²) in [6.07, 6.45) is 1.48. The van der Waals surface area contributed by atoms with Crippen molar-refractivity contribution >= 4 is 17.4 Å². The van der Waals surface area contributed by atoms with Crippen molar-refractivity contribution in [2.45, 2.75) is 31.6 Å². The summed E-state index contributed by atoms with van der Waals surface area (Å²) >= 11 is 0. The fraction of sp³-hybridized carbons (Fsp3) is 0.312. The summed E-state index contributed by atoms with van der Waals surface area (Å²) in [5.74, 6) is 0.245. The van der Waals surface area contributed by atoms with Crippen LogP contribution in [0.15, 0.2) is 72.3 Å². The quantitative estimate of drug-likeness (QED) is 0.243. The normalized spacial score (nSPS) is 21.2. The molecular formula is C32H31NO8. The highest BCUT2D eigenvalue weighted by Gasteiger charge is 2.47. The van der Waals surface area contributed by atoms with E-state index in [1.165, 1.54) is 12.0 Å². The Morgan fingerprint density at radius 1 is 0.951 bits per heavy atom. The first-order valence-corrected chi connectivity index (χ1v) is 13.7. The van der Waals surface area contributed by atoms with Gasteiger partial charge in [0.25, 0.3) is 11.7 Å². The fourth-order valence-electron chi connectivity index (χ4n) is 5.48. The first-order valence-electron chi connectivity index (χ1n) is 13.7. The molecule has 0 radical (unpaired) electrons.